The lowest BCUT2D eigenvalue weighted by Gasteiger charge is -2.17. The Morgan fingerprint density at radius 2 is 1.93 bits per heavy atom. The molecule has 0 aliphatic heterocycles. The van der Waals surface area contributed by atoms with Crippen LogP contribution in [0.2, 0.25) is 0 Å². The Bertz CT molecular complexity index is 1140. The van der Waals surface area contributed by atoms with Crippen LogP contribution in [0.5, 0.6) is 0 Å². The first-order valence-corrected chi connectivity index (χ1v) is 9.72. The molecular formula is C21H18BrF3N2O2. The number of fused-ring (bicyclic) bond motifs is 1. The van der Waals surface area contributed by atoms with E-state index in [-0.39, 0.29) is 10.9 Å². The van der Waals surface area contributed by atoms with Crippen LogP contribution in [0.3, 0.4) is 0 Å². The molecule has 29 heavy (non-hydrogen) atoms. The fourth-order valence-corrected chi connectivity index (χ4v) is 3.55. The predicted octanol–water partition coefficient (Wildman–Crippen LogP) is 5.29. The van der Waals surface area contributed by atoms with Gasteiger partial charge in [-0.25, -0.2) is 0 Å². The highest BCUT2D eigenvalue weighted by Crippen LogP contribution is 2.31. The topological polar surface area (TPSA) is 51.1 Å². The molecule has 0 bridgehead atoms. The zero-order chi connectivity index (χ0) is 21.3. The molecule has 152 valence electrons. The first-order valence-electron chi connectivity index (χ1n) is 8.92. The van der Waals surface area contributed by atoms with Gasteiger partial charge in [0.2, 0.25) is 5.43 Å². The Morgan fingerprint density at radius 1 is 1.21 bits per heavy atom. The molecule has 4 nitrogen and oxygen atoms in total. The largest absolute Gasteiger partial charge is 0.416 e. The molecule has 2 aromatic carbocycles. The maximum absolute atomic E-state index is 13.1. The van der Waals surface area contributed by atoms with Crippen LogP contribution < -0.4 is 10.7 Å². The second kappa shape index (κ2) is 8.02. The molecule has 0 saturated heterocycles. The molecule has 1 aromatic heterocycles. The van der Waals surface area contributed by atoms with Gasteiger partial charge in [0.15, 0.2) is 0 Å². The first kappa shape index (κ1) is 21.1. The van der Waals surface area contributed by atoms with Crippen LogP contribution in [-0.4, -0.2) is 10.5 Å². The van der Waals surface area contributed by atoms with Crippen molar-refractivity contribution in [3.05, 3.63) is 80.0 Å². The van der Waals surface area contributed by atoms with Gasteiger partial charge in [-0.05, 0) is 49.7 Å². The van der Waals surface area contributed by atoms with E-state index >= 15 is 0 Å². The Kier molecular flexibility index (Phi) is 5.84. The number of amides is 1. The molecule has 1 heterocycles. The summed E-state index contributed by atoms with van der Waals surface area (Å²) in [5.41, 5.74) is -0.675. The fraction of sp³-hybridized carbons (Fsp3) is 0.238. The summed E-state index contributed by atoms with van der Waals surface area (Å²) in [7, 11) is 0. The minimum Gasteiger partial charge on any atom is -0.347 e. The molecule has 3 aromatic rings. The summed E-state index contributed by atoms with van der Waals surface area (Å²) in [6.07, 6.45) is -3.19. The molecule has 0 radical (unpaired) electrons. The normalized spacial score (nSPS) is 12.8. The third-order valence-corrected chi connectivity index (χ3v) is 5.18. The van der Waals surface area contributed by atoms with Gasteiger partial charge in [-0.1, -0.05) is 28.1 Å². The summed E-state index contributed by atoms with van der Waals surface area (Å²) in [4.78, 5) is 25.6. The number of rotatable bonds is 4. The molecule has 1 atom stereocenters. The number of halogens is 4. The van der Waals surface area contributed by atoms with Crippen molar-refractivity contribution in [3.8, 4) is 0 Å². The van der Waals surface area contributed by atoms with Crippen molar-refractivity contribution >= 4 is 32.7 Å². The van der Waals surface area contributed by atoms with Gasteiger partial charge in [0.05, 0.1) is 17.1 Å². The number of pyridine rings is 1. The Balaban J connectivity index is 2.05. The number of nitrogens with one attached hydrogen (secondary N) is 1. The second-order valence-corrected chi connectivity index (χ2v) is 7.55. The fourth-order valence-electron chi connectivity index (χ4n) is 3.13. The Morgan fingerprint density at radius 3 is 2.55 bits per heavy atom. The van der Waals surface area contributed by atoms with Crippen molar-refractivity contribution in [2.75, 3.05) is 0 Å². The van der Waals surface area contributed by atoms with E-state index < -0.39 is 29.1 Å². The van der Waals surface area contributed by atoms with Gasteiger partial charge in [0, 0.05) is 22.6 Å². The van der Waals surface area contributed by atoms with E-state index in [4.69, 9.17) is 0 Å². The van der Waals surface area contributed by atoms with Crippen molar-refractivity contribution < 1.29 is 18.0 Å². The summed E-state index contributed by atoms with van der Waals surface area (Å²) < 4.78 is 41.7. The van der Waals surface area contributed by atoms with E-state index in [9.17, 15) is 22.8 Å². The van der Waals surface area contributed by atoms with Crippen LogP contribution in [0.15, 0.2) is 57.9 Å². The average molecular weight is 467 g/mol. The molecule has 0 fully saturated rings. The van der Waals surface area contributed by atoms with E-state index in [0.29, 0.717) is 12.1 Å². The van der Waals surface area contributed by atoms with Crippen molar-refractivity contribution in [1.29, 1.82) is 0 Å². The minimum atomic E-state index is -4.58. The molecule has 3 rings (SSSR count). The smallest absolute Gasteiger partial charge is 0.347 e. The number of benzene rings is 2. The van der Waals surface area contributed by atoms with Gasteiger partial charge in [-0.15, -0.1) is 0 Å². The van der Waals surface area contributed by atoms with Gasteiger partial charge >= 0.3 is 6.18 Å². The van der Waals surface area contributed by atoms with Crippen LogP contribution in [0.25, 0.3) is 10.9 Å². The third kappa shape index (κ3) is 4.37. The molecular weight excluding hydrogens is 449 g/mol. The summed E-state index contributed by atoms with van der Waals surface area (Å²) in [6.45, 7) is 3.94. The number of hydrogen-bond acceptors (Lipinski definition) is 2. The lowest BCUT2D eigenvalue weighted by atomic mass is 10.1. The summed E-state index contributed by atoms with van der Waals surface area (Å²) in [6, 6.07) is 9.93. The highest BCUT2D eigenvalue weighted by atomic mass is 79.9. The van der Waals surface area contributed by atoms with Gasteiger partial charge in [0.1, 0.15) is 5.56 Å². The highest BCUT2D eigenvalue weighted by Gasteiger charge is 2.31. The molecule has 8 heteroatoms. The number of aromatic nitrogens is 1. The zero-order valence-electron chi connectivity index (χ0n) is 15.7. The quantitative estimate of drug-likeness (QED) is 0.567. The number of alkyl halides is 3. The maximum atomic E-state index is 13.1. The van der Waals surface area contributed by atoms with Gasteiger partial charge < -0.3 is 9.88 Å². The standard InChI is InChI=1S/C21H18BrF3N2O2/c1-3-27-11-17(20(29)26-12(2)13-5-4-6-15(22)9-13)19(28)16-10-14(21(23,24)25)7-8-18(16)27/h4-12H,3H2,1-2H3,(H,26,29)/t12-/m0/s1. The number of aryl methyl sites for hydroxylation is 1. The van der Waals surface area contributed by atoms with Gasteiger partial charge in [0.25, 0.3) is 5.91 Å². The van der Waals surface area contributed by atoms with E-state index in [1.807, 2.05) is 24.3 Å². The molecule has 0 spiro atoms. The predicted molar refractivity (Wildman–Crippen MR) is 109 cm³/mol. The van der Waals surface area contributed by atoms with Crippen molar-refractivity contribution in [1.82, 2.24) is 9.88 Å². The van der Waals surface area contributed by atoms with Crippen molar-refractivity contribution in [2.45, 2.75) is 32.6 Å². The zero-order valence-corrected chi connectivity index (χ0v) is 17.3. The summed E-state index contributed by atoms with van der Waals surface area (Å²) in [5, 5.41) is 2.61. The van der Waals surface area contributed by atoms with Crippen LogP contribution in [0.1, 0.15) is 41.4 Å². The van der Waals surface area contributed by atoms with E-state index in [2.05, 4.69) is 21.2 Å². The number of carbonyl (C=O) groups is 1. The van der Waals surface area contributed by atoms with E-state index in [1.54, 1.807) is 18.4 Å². The monoisotopic (exact) mass is 466 g/mol. The van der Waals surface area contributed by atoms with Crippen LogP contribution in [0, 0.1) is 0 Å². The van der Waals surface area contributed by atoms with Crippen molar-refractivity contribution in [2.24, 2.45) is 0 Å². The van der Waals surface area contributed by atoms with Crippen LogP contribution in [0.4, 0.5) is 13.2 Å². The SMILES string of the molecule is CCn1cc(C(=O)N[C@@H](C)c2cccc(Br)c2)c(=O)c2cc(C(F)(F)F)ccc21. The van der Waals surface area contributed by atoms with Gasteiger partial charge in [-0.2, -0.15) is 13.2 Å². The first-order chi connectivity index (χ1) is 13.6. The average Bonchev–Trinajstić information content (AvgIpc) is 2.67. The number of hydrogen-bond donors (Lipinski definition) is 1. The van der Waals surface area contributed by atoms with Crippen LogP contribution in [-0.2, 0) is 12.7 Å². The summed E-state index contributed by atoms with van der Waals surface area (Å²) in [5.74, 6) is -0.635. The maximum Gasteiger partial charge on any atom is 0.416 e. The van der Waals surface area contributed by atoms with Gasteiger partial charge in [-0.3, -0.25) is 9.59 Å². The molecule has 1 amide bonds. The minimum absolute atomic E-state index is 0.135. The van der Waals surface area contributed by atoms with Crippen molar-refractivity contribution in [3.63, 3.8) is 0 Å². The molecule has 1 N–H and O–H groups in total. The summed E-state index contributed by atoms with van der Waals surface area (Å²) >= 11 is 3.36. The number of carbonyl (C=O) groups excluding carboxylic acids is 1. The Labute approximate surface area is 173 Å². The third-order valence-electron chi connectivity index (χ3n) is 4.69. The molecule has 0 aliphatic rings. The molecule has 0 unspecified atom stereocenters. The molecule has 0 aliphatic carbocycles. The highest BCUT2D eigenvalue weighted by molar-refractivity contribution is 9.10. The lowest BCUT2D eigenvalue weighted by Crippen LogP contribution is -2.32. The number of nitrogens with zero attached hydrogens (tertiary/aromatic N) is 1. The van der Waals surface area contributed by atoms with E-state index in [1.165, 1.54) is 12.3 Å². The lowest BCUT2D eigenvalue weighted by molar-refractivity contribution is -0.137. The molecule has 0 saturated carbocycles. The second-order valence-electron chi connectivity index (χ2n) is 6.64. The van der Waals surface area contributed by atoms with Crippen LogP contribution >= 0.6 is 15.9 Å². The Hall–Kier alpha value is -2.61. The van der Waals surface area contributed by atoms with E-state index in [0.717, 1.165) is 22.2 Å².